The quantitative estimate of drug-likeness (QED) is 0.829. The summed E-state index contributed by atoms with van der Waals surface area (Å²) in [4.78, 5) is 26.1. The molecule has 2 N–H and O–H groups in total. The topological polar surface area (TPSA) is 70.7 Å². The molecule has 0 spiro atoms. The van der Waals surface area contributed by atoms with Crippen LogP contribution >= 0.6 is 0 Å². The van der Waals surface area contributed by atoms with Crippen LogP contribution in [-0.2, 0) is 4.79 Å². The van der Waals surface area contributed by atoms with Crippen LogP contribution in [0, 0.1) is 11.8 Å². The third-order valence-electron chi connectivity index (χ3n) is 4.82. The maximum atomic E-state index is 12.5. The Labute approximate surface area is 149 Å². The number of hydrogen-bond acceptors (Lipinski definition) is 4. The van der Waals surface area contributed by atoms with Gasteiger partial charge in [0.15, 0.2) is 0 Å². The van der Waals surface area contributed by atoms with Crippen molar-refractivity contribution in [3.8, 4) is 5.75 Å². The van der Waals surface area contributed by atoms with E-state index in [1.54, 1.807) is 39.4 Å². The largest absolute Gasteiger partial charge is 0.495 e. The maximum absolute atomic E-state index is 12.5. The highest BCUT2D eigenvalue weighted by atomic mass is 16.5. The van der Waals surface area contributed by atoms with Gasteiger partial charge in [0.1, 0.15) is 5.75 Å². The first-order valence-electron chi connectivity index (χ1n) is 8.82. The number of rotatable bonds is 6. The molecule has 1 aliphatic heterocycles. The van der Waals surface area contributed by atoms with Gasteiger partial charge in [0.2, 0.25) is 5.91 Å². The molecule has 1 atom stereocenters. The van der Waals surface area contributed by atoms with Crippen molar-refractivity contribution in [3.05, 3.63) is 23.8 Å². The Hall–Kier alpha value is -2.08. The summed E-state index contributed by atoms with van der Waals surface area (Å²) in [6.07, 6.45) is 2.70. The Morgan fingerprint density at radius 2 is 2.00 bits per heavy atom. The zero-order valence-electron chi connectivity index (χ0n) is 15.6. The normalized spacial score (nSPS) is 16.2. The predicted molar refractivity (Wildman–Crippen MR) is 99.0 cm³/mol. The van der Waals surface area contributed by atoms with Gasteiger partial charge in [-0.1, -0.05) is 6.92 Å². The molecule has 0 aliphatic carbocycles. The van der Waals surface area contributed by atoms with Gasteiger partial charge in [-0.25, -0.2) is 0 Å². The summed E-state index contributed by atoms with van der Waals surface area (Å²) in [5.41, 5.74) is 1.06. The molecule has 0 radical (unpaired) electrons. The summed E-state index contributed by atoms with van der Waals surface area (Å²) in [5, 5.41) is 6.27. The molecule has 25 heavy (non-hydrogen) atoms. The molecule has 1 aromatic carbocycles. The van der Waals surface area contributed by atoms with Crippen molar-refractivity contribution in [1.82, 2.24) is 10.2 Å². The fourth-order valence-electron chi connectivity index (χ4n) is 3.27. The number of nitrogens with zero attached hydrogens (tertiary/aromatic N) is 1. The first kappa shape index (κ1) is 19.2. The van der Waals surface area contributed by atoms with E-state index in [-0.39, 0.29) is 11.8 Å². The molecule has 0 saturated carbocycles. The summed E-state index contributed by atoms with van der Waals surface area (Å²) in [5.74, 6) is 1.31. The lowest BCUT2D eigenvalue weighted by Crippen LogP contribution is -2.32. The average molecular weight is 347 g/mol. The first-order chi connectivity index (χ1) is 11.9. The molecule has 6 nitrogen and oxygen atoms in total. The van der Waals surface area contributed by atoms with Gasteiger partial charge in [-0.15, -0.1) is 0 Å². The van der Waals surface area contributed by atoms with Gasteiger partial charge in [0.05, 0.1) is 12.8 Å². The van der Waals surface area contributed by atoms with E-state index >= 15 is 0 Å². The summed E-state index contributed by atoms with van der Waals surface area (Å²) >= 11 is 0. The lowest BCUT2D eigenvalue weighted by atomic mass is 9.84. The van der Waals surface area contributed by atoms with Crippen LogP contribution in [0.5, 0.6) is 5.75 Å². The number of ether oxygens (including phenoxy) is 1. The molecular formula is C19H29N3O3. The van der Waals surface area contributed by atoms with Crippen LogP contribution in [0.15, 0.2) is 18.2 Å². The van der Waals surface area contributed by atoms with E-state index in [1.807, 2.05) is 0 Å². The molecule has 6 heteroatoms. The number of amides is 2. The van der Waals surface area contributed by atoms with E-state index in [0.29, 0.717) is 35.3 Å². The van der Waals surface area contributed by atoms with Gasteiger partial charge in [-0.3, -0.25) is 9.59 Å². The first-order valence-corrected chi connectivity index (χ1v) is 8.82. The molecule has 1 saturated heterocycles. The molecule has 1 aromatic rings. The molecule has 1 unspecified atom stereocenters. The van der Waals surface area contributed by atoms with Crippen molar-refractivity contribution in [2.24, 2.45) is 11.8 Å². The van der Waals surface area contributed by atoms with Crippen LogP contribution in [0.1, 0.15) is 36.5 Å². The highest BCUT2D eigenvalue weighted by molar-refractivity contribution is 5.98. The van der Waals surface area contributed by atoms with Gasteiger partial charge in [-0.05, 0) is 56.0 Å². The molecule has 2 rings (SSSR count). The second-order valence-corrected chi connectivity index (χ2v) is 6.93. The predicted octanol–water partition coefficient (Wildman–Crippen LogP) is 2.36. The highest BCUT2D eigenvalue weighted by Crippen LogP contribution is 2.28. The number of methoxy groups -OCH3 is 1. The second kappa shape index (κ2) is 8.85. The zero-order valence-corrected chi connectivity index (χ0v) is 15.6. The third kappa shape index (κ3) is 5.19. The number of benzene rings is 1. The number of carbonyl (C=O) groups excluding carboxylic acids is 2. The summed E-state index contributed by atoms with van der Waals surface area (Å²) < 4.78 is 5.31. The van der Waals surface area contributed by atoms with Gasteiger partial charge in [0, 0.05) is 26.1 Å². The number of piperidine rings is 1. The fraction of sp³-hybridized carbons (Fsp3) is 0.579. The Bertz CT molecular complexity index is 610. The van der Waals surface area contributed by atoms with Crippen LogP contribution in [0.25, 0.3) is 0 Å². The van der Waals surface area contributed by atoms with E-state index in [9.17, 15) is 9.59 Å². The third-order valence-corrected chi connectivity index (χ3v) is 4.82. The van der Waals surface area contributed by atoms with Crippen molar-refractivity contribution in [2.75, 3.05) is 39.6 Å². The minimum absolute atomic E-state index is 0.0428. The van der Waals surface area contributed by atoms with E-state index in [0.717, 1.165) is 25.9 Å². The second-order valence-electron chi connectivity index (χ2n) is 6.93. The Kier molecular flexibility index (Phi) is 6.82. The zero-order chi connectivity index (χ0) is 18.4. The number of carbonyl (C=O) groups is 2. The van der Waals surface area contributed by atoms with E-state index in [1.165, 1.54) is 4.90 Å². The standard InChI is InChI=1S/C19H29N3O3/c1-13(14-7-9-20-10-8-14)11-18(23)21-16-12-15(19(24)22(2)3)5-6-17(16)25-4/h5-6,12-14,20H,7-11H2,1-4H3,(H,21,23). The minimum atomic E-state index is -0.110. The van der Waals surface area contributed by atoms with Crippen molar-refractivity contribution in [2.45, 2.75) is 26.2 Å². The van der Waals surface area contributed by atoms with Gasteiger partial charge >= 0.3 is 0 Å². The number of anilines is 1. The number of nitrogens with one attached hydrogen (secondary N) is 2. The molecule has 1 fully saturated rings. The van der Waals surface area contributed by atoms with Crippen molar-refractivity contribution in [1.29, 1.82) is 0 Å². The fourth-order valence-corrected chi connectivity index (χ4v) is 3.27. The van der Waals surface area contributed by atoms with Gasteiger partial charge in [-0.2, -0.15) is 0 Å². The Morgan fingerprint density at radius 1 is 1.32 bits per heavy atom. The molecule has 1 aliphatic rings. The van der Waals surface area contributed by atoms with Crippen molar-refractivity contribution < 1.29 is 14.3 Å². The Morgan fingerprint density at radius 3 is 2.60 bits per heavy atom. The molecule has 2 amide bonds. The Balaban J connectivity index is 2.05. The van der Waals surface area contributed by atoms with Crippen molar-refractivity contribution in [3.63, 3.8) is 0 Å². The van der Waals surface area contributed by atoms with Gasteiger partial charge in [0.25, 0.3) is 5.91 Å². The van der Waals surface area contributed by atoms with Gasteiger partial charge < -0.3 is 20.3 Å². The van der Waals surface area contributed by atoms with E-state index in [2.05, 4.69) is 17.6 Å². The molecule has 0 aromatic heterocycles. The molecule has 1 heterocycles. The lowest BCUT2D eigenvalue weighted by molar-refractivity contribution is -0.117. The monoisotopic (exact) mass is 347 g/mol. The maximum Gasteiger partial charge on any atom is 0.253 e. The summed E-state index contributed by atoms with van der Waals surface area (Å²) in [7, 11) is 4.95. The summed E-state index contributed by atoms with van der Waals surface area (Å²) in [6, 6.07) is 5.09. The highest BCUT2D eigenvalue weighted by Gasteiger charge is 2.22. The molecule has 0 bridgehead atoms. The van der Waals surface area contributed by atoms with Crippen LogP contribution in [0.3, 0.4) is 0 Å². The summed E-state index contributed by atoms with van der Waals surface area (Å²) in [6.45, 7) is 4.19. The van der Waals surface area contributed by atoms with Crippen molar-refractivity contribution >= 4 is 17.5 Å². The van der Waals surface area contributed by atoms with E-state index in [4.69, 9.17) is 4.74 Å². The SMILES string of the molecule is COc1ccc(C(=O)N(C)C)cc1NC(=O)CC(C)C1CCNCC1. The van der Waals surface area contributed by atoms with Crippen LogP contribution in [0.4, 0.5) is 5.69 Å². The lowest BCUT2D eigenvalue weighted by Gasteiger charge is -2.28. The minimum Gasteiger partial charge on any atom is -0.495 e. The molecule has 138 valence electrons. The van der Waals surface area contributed by atoms with Crippen LogP contribution in [-0.4, -0.2) is 51.0 Å². The van der Waals surface area contributed by atoms with Crippen LogP contribution < -0.4 is 15.4 Å². The van der Waals surface area contributed by atoms with Crippen LogP contribution in [0.2, 0.25) is 0 Å². The van der Waals surface area contributed by atoms with E-state index < -0.39 is 0 Å². The number of hydrogen-bond donors (Lipinski definition) is 2. The smallest absolute Gasteiger partial charge is 0.253 e. The average Bonchev–Trinajstić information content (AvgIpc) is 2.61. The molecular weight excluding hydrogens is 318 g/mol.